The normalized spacial score (nSPS) is 17.3. The van der Waals surface area contributed by atoms with Crippen LogP contribution in [0.1, 0.15) is 44.7 Å². The predicted octanol–water partition coefficient (Wildman–Crippen LogP) is 2.78. The molecule has 0 saturated carbocycles. The molecule has 1 aliphatic heterocycles. The largest absolute Gasteiger partial charge is 0.469 e. The summed E-state index contributed by atoms with van der Waals surface area (Å²) in [6.45, 7) is 6.23. The van der Waals surface area contributed by atoms with Gasteiger partial charge in [0, 0.05) is 0 Å². The standard InChI is InChI=1S/C20H30N2O3/c1-15(2)13-18(16-7-5-4-6-8-16)21-19(23)14-22-11-9-17(10-12-22)20(24)25-3/h4-8,15,17-18H,9-14H2,1-3H3,(H,21,23)/t18-/m1/s1. The first-order valence-corrected chi connectivity index (χ1v) is 9.14. The maximum absolute atomic E-state index is 12.5. The molecule has 0 aromatic heterocycles. The fourth-order valence-corrected chi connectivity index (χ4v) is 3.37. The van der Waals surface area contributed by atoms with Crippen molar-refractivity contribution in [1.82, 2.24) is 10.2 Å². The third kappa shape index (κ3) is 6.16. The van der Waals surface area contributed by atoms with Crippen molar-refractivity contribution in [2.24, 2.45) is 11.8 Å². The number of rotatable bonds is 7. The highest BCUT2D eigenvalue weighted by Crippen LogP contribution is 2.22. The Morgan fingerprint density at radius 3 is 2.40 bits per heavy atom. The molecule has 0 radical (unpaired) electrons. The van der Waals surface area contributed by atoms with Crippen molar-refractivity contribution in [2.75, 3.05) is 26.7 Å². The molecule has 0 spiro atoms. The molecule has 25 heavy (non-hydrogen) atoms. The molecule has 5 heteroatoms. The van der Waals surface area contributed by atoms with Crippen LogP contribution in [0.5, 0.6) is 0 Å². The lowest BCUT2D eigenvalue weighted by Gasteiger charge is -2.30. The zero-order chi connectivity index (χ0) is 18.2. The minimum atomic E-state index is -0.134. The Balaban J connectivity index is 1.86. The van der Waals surface area contributed by atoms with Gasteiger partial charge >= 0.3 is 5.97 Å². The number of carbonyl (C=O) groups excluding carboxylic acids is 2. The van der Waals surface area contributed by atoms with Crippen molar-refractivity contribution in [3.63, 3.8) is 0 Å². The molecule has 1 aliphatic rings. The summed E-state index contributed by atoms with van der Waals surface area (Å²) in [5.74, 6) is 0.389. The fourth-order valence-electron chi connectivity index (χ4n) is 3.37. The fraction of sp³-hybridized carbons (Fsp3) is 0.600. The van der Waals surface area contributed by atoms with Crippen molar-refractivity contribution >= 4 is 11.9 Å². The summed E-state index contributed by atoms with van der Waals surface area (Å²) in [5.41, 5.74) is 1.15. The van der Waals surface area contributed by atoms with Crippen LogP contribution in [0.15, 0.2) is 30.3 Å². The van der Waals surface area contributed by atoms with Crippen LogP contribution in [0, 0.1) is 11.8 Å². The summed E-state index contributed by atoms with van der Waals surface area (Å²) in [7, 11) is 1.43. The molecule has 0 bridgehead atoms. The van der Waals surface area contributed by atoms with Gasteiger partial charge in [-0.05, 0) is 43.8 Å². The van der Waals surface area contributed by atoms with Gasteiger partial charge in [-0.1, -0.05) is 44.2 Å². The molecule has 1 atom stereocenters. The van der Waals surface area contributed by atoms with Crippen LogP contribution in [-0.4, -0.2) is 43.5 Å². The number of benzene rings is 1. The van der Waals surface area contributed by atoms with E-state index in [0.717, 1.165) is 37.9 Å². The molecule has 5 nitrogen and oxygen atoms in total. The molecule has 1 N–H and O–H groups in total. The van der Waals surface area contributed by atoms with Gasteiger partial charge in [-0.3, -0.25) is 14.5 Å². The maximum atomic E-state index is 12.5. The van der Waals surface area contributed by atoms with Crippen molar-refractivity contribution in [1.29, 1.82) is 0 Å². The van der Waals surface area contributed by atoms with Crippen LogP contribution in [0.25, 0.3) is 0 Å². The smallest absolute Gasteiger partial charge is 0.308 e. The molecule has 0 aliphatic carbocycles. The second-order valence-electron chi connectivity index (χ2n) is 7.23. The number of amides is 1. The molecule has 1 aromatic rings. The first-order chi connectivity index (χ1) is 12.0. The molecule has 138 valence electrons. The number of methoxy groups -OCH3 is 1. The van der Waals surface area contributed by atoms with E-state index in [0.29, 0.717) is 12.5 Å². The molecule has 1 amide bonds. The Hall–Kier alpha value is -1.88. The number of esters is 1. The molecule has 1 saturated heterocycles. The number of piperidine rings is 1. The van der Waals surface area contributed by atoms with Crippen LogP contribution in [0.4, 0.5) is 0 Å². The van der Waals surface area contributed by atoms with Crippen molar-refractivity contribution in [3.8, 4) is 0 Å². The number of nitrogens with zero attached hydrogens (tertiary/aromatic N) is 1. The lowest BCUT2D eigenvalue weighted by atomic mass is 9.96. The lowest BCUT2D eigenvalue weighted by Crippen LogP contribution is -2.43. The topological polar surface area (TPSA) is 58.6 Å². The Bertz CT molecular complexity index is 551. The molecular weight excluding hydrogens is 316 g/mol. The van der Waals surface area contributed by atoms with E-state index in [4.69, 9.17) is 4.74 Å². The predicted molar refractivity (Wildman–Crippen MR) is 98.0 cm³/mol. The third-order valence-electron chi connectivity index (χ3n) is 4.73. The van der Waals surface area contributed by atoms with Gasteiger partial charge in [0.05, 0.1) is 25.6 Å². The second kappa shape index (κ2) is 9.56. The maximum Gasteiger partial charge on any atom is 0.308 e. The summed E-state index contributed by atoms with van der Waals surface area (Å²) in [6, 6.07) is 10.2. The van der Waals surface area contributed by atoms with E-state index < -0.39 is 0 Å². The molecule has 1 fully saturated rings. The first-order valence-electron chi connectivity index (χ1n) is 9.14. The highest BCUT2D eigenvalue weighted by molar-refractivity contribution is 5.78. The Morgan fingerprint density at radius 1 is 1.20 bits per heavy atom. The van der Waals surface area contributed by atoms with E-state index in [1.807, 2.05) is 18.2 Å². The minimum Gasteiger partial charge on any atom is -0.469 e. The second-order valence-corrected chi connectivity index (χ2v) is 7.23. The average molecular weight is 346 g/mol. The van der Waals surface area contributed by atoms with E-state index in [9.17, 15) is 9.59 Å². The van der Waals surface area contributed by atoms with Crippen LogP contribution < -0.4 is 5.32 Å². The summed E-state index contributed by atoms with van der Waals surface area (Å²) in [4.78, 5) is 26.2. The highest BCUT2D eigenvalue weighted by atomic mass is 16.5. The molecule has 1 aromatic carbocycles. The summed E-state index contributed by atoms with van der Waals surface area (Å²) in [6.07, 6.45) is 2.43. The van der Waals surface area contributed by atoms with E-state index in [-0.39, 0.29) is 23.8 Å². The van der Waals surface area contributed by atoms with Crippen LogP contribution in [0.2, 0.25) is 0 Å². The number of ether oxygens (including phenoxy) is 1. The summed E-state index contributed by atoms with van der Waals surface area (Å²) >= 11 is 0. The summed E-state index contributed by atoms with van der Waals surface area (Å²) in [5, 5.41) is 3.18. The van der Waals surface area contributed by atoms with Gasteiger partial charge < -0.3 is 10.1 Å². The minimum absolute atomic E-state index is 0.0256. The van der Waals surface area contributed by atoms with Gasteiger partial charge in [0.15, 0.2) is 0 Å². The molecule has 1 heterocycles. The Morgan fingerprint density at radius 2 is 1.84 bits per heavy atom. The zero-order valence-electron chi connectivity index (χ0n) is 15.5. The van der Waals surface area contributed by atoms with Crippen molar-refractivity contribution in [2.45, 2.75) is 39.2 Å². The van der Waals surface area contributed by atoms with Gasteiger partial charge in [0.25, 0.3) is 0 Å². The number of hydrogen-bond acceptors (Lipinski definition) is 4. The number of likely N-dealkylation sites (tertiary alicyclic amines) is 1. The number of nitrogens with one attached hydrogen (secondary N) is 1. The van der Waals surface area contributed by atoms with Crippen molar-refractivity contribution in [3.05, 3.63) is 35.9 Å². The van der Waals surface area contributed by atoms with Gasteiger partial charge in [-0.25, -0.2) is 0 Å². The number of carbonyl (C=O) groups is 2. The van der Waals surface area contributed by atoms with Gasteiger partial charge in [-0.15, -0.1) is 0 Å². The van der Waals surface area contributed by atoms with E-state index in [1.54, 1.807) is 0 Å². The average Bonchev–Trinajstić information content (AvgIpc) is 2.61. The van der Waals surface area contributed by atoms with Crippen LogP contribution >= 0.6 is 0 Å². The van der Waals surface area contributed by atoms with Crippen LogP contribution in [-0.2, 0) is 14.3 Å². The van der Waals surface area contributed by atoms with Gasteiger partial charge in [0.2, 0.25) is 5.91 Å². The van der Waals surface area contributed by atoms with E-state index in [1.165, 1.54) is 7.11 Å². The van der Waals surface area contributed by atoms with Crippen LogP contribution in [0.3, 0.4) is 0 Å². The first kappa shape index (κ1) is 19.4. The zero-order valence-corrected chi connectivity index (χ0v) is 15.5. The lowest BCUT2D eigenvalue weighted by molar-refractivity contribution is -0.147. The molecular formula is C20H30N2O3. The Kier molecular flexibility index (Phi) is 7.44. The third-order valence-corrected chi connectivity index (χ3v) is 4.73. The quantitative estimate of drug-likeness (QED) is 0.771. The van der Waals surface area contributed by atoms with E-state index in [2.05, 4.69) is 36.2 Å². The number of hydrogen-bond donors (Lipinski definition) is 1. The van der Waals surface area contributed by atoms with Gasteiger partial charge in [0.1, 0.15) is 0 Å². The monoisotopic (exact) mass is 346 g/mol. The van der Waals surface area contributed by atoms with Crippen molar-refractivity contribution < 1.29 is 14.3 Å². The highest BCUT2D eigenvalue weighted by Gasteiger charge is 2.27. The summed E-state index contributed by atoms with van der Waals surface area (Å²) < 4.78 is 4.81. The molecule has 2 rings (SSSR count). The molecule has 0 unspecified atom stereocenters. The Labute approximate surface area is 150 Å². The van der Waals surface area contributed by atoms with E-state index >= 15 is 0 Å². The SMILES string of the molecule is COC(=O)C1CCN(CC(=O)N[C@H](CC(C)C)c2ccccc2)CC1. The van der Waals surface area contributed by atoms with Gasteiger partial charge in [-0.2, -0.15) is 0 Å².